The van der Waals surface area contributed by atoms with Crippen LogP contribution in [0.2, 0.25) is 0 Å². The molecule has 6 heteroatoms. The molecule has 62 valence electrons. The van der Waals surface area contributed by atoms with Gasteiger partial charge in [-0.1, -0.05) is 23.2 Å². The highest BCUT2D eigenvalue weighted by molar-refractivity contribution is 6.31. The molecule has 0 saturated heterocycles. The molecule has 0 aromatic carbocycles. The SMILES string of the molecule is N#CC(=C(/N)Cl)/C(C#N)=C(/N)Cl. The molecule has 0 radical (unpaired) electrons. The fourth-order valence-electron chi connectivity index (χ4n) is 0.457. The molecule has 0 aliphatic heterocycles. The van der Waals surface area contributed by atoms with Gasteiger partial charge in [-0.2, -0.15) is 10.5 Å². The van der Waals surface area contributed by atoms with Gasteiger partial charge in [0.25, 0.3) is 0 Å². The first-order valence-corrected chi connectivity index (χ1v) is 3.41. The summed E-state index contributed by atoms with van der Waals surface area (Å²) in [4.78, 5) is 0. The highest BCUT2D eigenvalue weighted by Crippen LogP contribution is 2.16. The number of nitriles is 2. The van der Waals surface area contributed by atoms with E-state index in [4.69, 9.17) is 45.2 Å². The molecule has 0 aromatic rings. The molecule has 0 atom stereocenters. The van der Waals surface area contributed by atoms with Crippen LogP contribution in [0.5, 0.6) is 0 Å². The third kappa shape index (κ3) is 2.35. The van der Waals surface area contributed by atoms with Crippen molar-refractivity contribution >= 4 is 23.2 Å². The van der Waals surface area contributed by atoms with Crippen molar-refractivity contribution in [2.45, 2.75) is 0 Å². The van der Waals surface area contributed by atoms with Gasteiger partial charge in [0.2, 0.25) is 0 Å². The number of nitrogens with two attached hydrogens (primary N) is 2. The van der Waals surface area contributed by atoms with Crippen LogP contribution in [0.4, 0.5) is 0 Å². The first-order valence-electron chi connectivity index (χ1n) is 2.65. The molecule has 0 heterocycles. The van der Waals surface area contributed by atoms with Crippen LogP contribution in [0.15, 0.2) is 21.5 Å². The number of hydrogen-bond donors (Lipinski definition) is 2. The van der Waals surface area contributed by atoms with Gasteiger partial charge < -0.3 is 11.5 Å². The van der Waals surface area contributed by atoms with Gasteiger partial charge in [-0.05, 0) is 0 Å². The predicted octanol–water partition coefficient (Wildman–Crippen LogP) is 0.852. The molecule has 0 unspecified atom stereocenters. The summed E-state index contributed by atoms with van der Waals surface area (Å²) in [5.74, 6) is 0. The summed E-state index contributed by atoms with van der Waals surface area (Å²) >= 11 is 10.6. The highest BCUT2D eigenvalue weighted by atomic mass is 35.5. The second kappa shape index (κ2) is 4.50. The maximum absolute atomic E-state index is 8.48. The summed E-state index contributed by atoms with van der Waals surface area (Å²) < 4.78 is 0. The normalized spacial score (nSPS) is 13.7. The van der Waals surface area contributed by atoms with E-state index in [0.717, 1.165) is 0 Å². The summed E-state index contributed by atoms with van der Waals surface area (Å²) in [7, 11) is 0. The van der Waals surface area contributed by atoms with E-state index in [2.05, 4.69) is 0 Å². The zero-order chi connectivity index (χ0) is 9.72. The first-order chi connectivity index (χ1) is 5.54. The molecule has 0 aliphatic rings. The standard InChI is InChI=1S/C6H4Cl2N4/c7-5(11)3(1-9)4(2-10)6(8)12/h11-12H2/b5-3-,6-4+. The number of hydrogen-bond acceptors (Lipinski definition) is 4. The molecule has 12 heavy (non-hydrogen) atoms. The van der Waals surface area contributed by atoms with Crippen molar-refractivity contribution in [1.82, 2.24) is 0 Å². The summed E-state index contributed by atoms with van der Waals surface area (Å²) in [6, 6.07) is 3.22. The topological polar surface area (TPSA) is 99.6 Å². The summed E-state index contributed by atoms with van der Waals surface area (Å²) in [6.07, 6.45) is 0. The monoisotopic (exact) mass is 202 g/mol. The van der Waals surface area contributed by atoms with Crippen molar-refractivity contribution in [2.24, 2.45) is 11.5 Å². The van der Waals surface area contributed by atoms with Crippen molar-refractivity contribution in [3.05, 3.63) is 21.5 Å². The smallest absolute Gasteiger partial charge is 0.119 e. The second-order valence-corrected chi connectivity index (χ2v) is 2.48. The Morgan fingerprint density at radius 1 is 0.917 bits per heavy atom. The first kappa shape index (κ1) is 10.6. The van der Waals surface area contributed by atoms with Crippen molar-refractivity contribution in [1.29, 1.82) is 10.5 Å². The lowest BCUT2D eigenvalue weighted by Crippen LogP contribution is -2.01. The Morgan fingerprint density at radius 3 is 1.25 bits per heavy atom. The van der Waals surface area contributed by atoms with Crippen molar-refractivity contribution in [2.75, 3.05) is 0 Å². The Balaban J connectivity index is 5.36. The Morgan fingerprint density at radius 2 is 1.17 bits per heavy atom. The average molecular weight is 203 g/mol. The minimum atomic E-state index is -0.308. The van der Waals surface area contributed by atoms with Gasteiger partial charge in [-0.15, -0.1) is 0 Å². The Labute approximate surface area is 79.3 Å². The van der Waals surface area contributed by atoms with Gasteiger partial charge in [0.05, 0.1) is 0 Å². The van der Waals surface area contributed by atoms with Crippen LogP contribution in [0.25, 0.3) is 0 Å². The van der Waals surface area contributed by atoms with Gasteiger partial charge in [0.1, 0.15) is 33.6 Å². The Hall–Kier alpha value is -1.36. The largest absolute Gasteiger partial charge is 0.388 e. The van der Waals surface area contributed by atoms with E-state index in [9.17, 15) is 0 Å². The summed E-state index contributed by atoms with van der Waals surface area (Å²) in [6.45, 7) is 0. The molecule has 0 bridgehead atoms. The fourth-order valence-corrected chi connectivity index (χ4v) is 0.731. The molecule has 0 aliphatic carbocycles. The molecule has 4 nitrogen and oxygen atoms in total. The molecule has 0 aromatic heterocycles. The van der Waals surface area contributed by atoms with Crippen LogP contribution in [0.3, 0.4) is 0 Å². The molecular formula is C6H4Cl2N4. The fraction of sp³-hybridized carbons (Fsp3) is 0. The van der Waals surface area contributed by atoms with Crippen LogP contribution in [-0.2, 0) is 0 Å². The van der Waals surface area contributed by atoms with E-state index in [0.29, 0.717) is 0 Å². The molecular weight excluding hydrogens is 199 g/mol. The van der Waals surface area contributed by atoms with Gasteiger partial charge in [-0.3, -0.25) is 0 Å². The molecule has 4 N–H and O–H groups in total. The van der Waals surface area contributed by atoms with E-state index < -0.39 is 0 Å². The Kier molecular flexibility index (Phi) is 3.99. The molecule has 0 saturated carbocycles. The van der Waals surface area contributed by atoms with Crippen LogP contribution in [0, 0.1) is 22.7 Å². The summed E-state index contributed by atoms with van der Waals surface area (Å²) in [5.41, 5.74) is 9.74. The van der Waals surface area contributed by atoms with Crippen LogP contribution in [-0.4, -0.2) is 0 Å². The van der Waals surface area contributed by atoms with Gasteiger partial charge in [-0.25, -0.2) is 0 Å². The number of halogens is 2. The van der Waals surface area contributed by atoms with Crippen LogP contribution in [0.1, 0.15) is 0 Å². The van der Waals surface area contributed by atoms with Crippen molar-refractivity contribution < 1.29 is 0 Å². The lowest BCUT2D eigenvalue weighted by Gasteiger charge is -1.96. The minimum absolute atomic E-state index is 0.216. The predicted molar refractivity (Wildman–Crippen MR) is 45.4 cm³/mol. The molecule has 0 amide bonds. The van der Waals surface area contributed by atoms with Crippen LogP contribution < -0.4 is 11.5 Å². The van der Waals surface area contributed by atoms with E-state index in [1.54, 1.807) is 12.1 Å². The van der Waals surface area contributed by atoms with Crippen molar-refractivity contribution in [3.8, 4) is 12.1 Å². The van der Waals surface area contributed by atoms with Crippen molar-refractivity contribution in [3.63, 3.8) is 0 Å². The number of rotatable bonds is 1. The average Bonchev–Trinajstić information content (AvgIpc) is 1.98. The third-order valence-corrected chi connectivity index (χ3v) is 1.33. The maximum atomic E-state index is 8.48. The summed E-state index contributed by atoms with van der Waals surface area (Å²) in [5, 5.41) is 16.3. The van der Waals surface area contributed by atoms with Gasteiger partial charge in [0, 0.05) is 0 Å². The third-order valence-electron chi connectivity index (χ3n) is 0.951. The zero-order valence-electron chi connectivity index (χ0n) is 5.81. The van der Waals surface area contributed by atoms with Gasteiger partial charge >= 0.3 is 0 Å². The number of nitrogens with zero attached hydrogens (tertiary/aromatic N) is 2. The van der Waals surface area contributed by atoms with E-state index >= 15 is 0 Å². The van der Waals surface area contributed by atoms with E-state index in [1.807, 2.05) is 0 Å². The molecule has 0 spiro atoms. The van der Waals surface area contributed by atoms with Gasteiger partial charge in [0.15, 0.2) is 0 Å². The van der Waals surface area contributed by atoms with E-state index in [1.165, 1.54) is 0 Å². The highest BCUT2D eigenvalue weighted by Gasteiger charge is 2.10. The molecule has 0 rings (SSSR count). The quantitative estimate of drug-likeness (QED) is 0.374. The zero-order valence-corrected chi connectivity index (χ0v) is 7.32. The van der Waals surface area contributed by atoms with E-state index in [-0.39, 0.29) is 21.5 Å². The number of allylic oxidation sites excluding steroid dienone is 2. The van der Waals surface area contributed by atoms with Crippen LogP contribution >= 0.6 is 23.2 Å². The molecule has 0 fully saturated rings. The minimum Gasteiger partial charge on any atom is -0.388 e. The second-order valence-electron chi connectivity index (χ2n) is 1.67. The lowest BCUT2D eigenvalue weighted by atomic mass is 10.1. The lowest BCUT2D eigenvalue weighted by molar-refractivity contribution is 1.34. The Bertz CT molecular complexity index is 286. The maximum Gasteiger partial charge on any atom is 0.119 e.